The third-order valence-electron chi connectivity index (χ3n) is 2.50. The molecule has 2 aromatic rings. The van der Waals surface area contributed by atoms with E-state index in [4.69, 9.17) is 0 Å². The van der Waals surface area contributed by atoms with Crippen LogP contribution in [-0.2, 0) is 6.42 Å². The van der Waals surface area contributed by atoms with Crippen molar-refractivity contribution >= 4 is 0 Å². The Labute approximate surface area is 84.0 Å². The topological polar surface area (TPSA) is 28.7 Å². The van der Waals surface area contributed by atoms with E-state index in [0.717, 1.165) is 12.1 Å². The second-order valence-corrected chi connectivity index (χ2v) is 3.57. The minimum Gasteiger partial charge on any atom is -0.282 e. The number of rotatable bonds is 2. The monoisotopic (exact) mass is 186 g/mol. The van der Waals surface area contributed by atoms with E-state index in [0.29, 0.717) is 0 Å². The average Bonchev–Trinajstić information content (AvgIpc) is 2.51. The molecule has 1 aromatic heterocycles. The lowest BCUT2D eigenvalue weighted by Crippen LogP contribution is -1.90. The highest BCUT2D eigenvalue weighted by Gasteiger charge is 2.06. The highest BCUT2D eigenvalue weighted by Crippen LogP contribution is 2.14. The summed E-state index contributed by atoms with van der Waals surface area (Å²) in [5, 5.41) is 7.19. The molecule has 1 heterocycles. The van der Waals surface area contributed by atoms with Crippen LogP contribution in [0.25, 0.3) is 0 Å². The lowest BCUT2D eigenvalue weighted by atomic mass is 10.0. The van der Waals surface area contributed by atoms with E-state index >= 15 is 0 Å². The van der Waals surface area contributed by atoms with Gasteiger partial charge in [0.15, 0.2) is 0 Å². The maximum atomic E-state index is 4.19. The molecule has 72 valence electrons. The molecule has 0 aliphatic heterocycles. The fourth-order valence-corrected chi connectivity index (χ4v) is 1.63. The molecule has 0 aliphatic rings. The summed E-state index contributed by atoms with van der Waals surface area (Å²) in [4.78, 5) is 0. The zero-order valence-electron chi connectivity index (χ0n) is 8.54. The first kappa shape index (κ1) is 9.00. The molecule has 1 N–H and O–H groups in total. The Morgan fingerprint density at radius 3 is 2.43 bits per heavy atom. The van der Waals surface area contributed by atoms with Gasteiger partial charge in [-0.05, 0) is 19.4 Å². The van der Waals surface area contributed by atoms with E-state index in [-0.39, 0.29) is 0 Å². The van der Waals surface area contributed by atoms with Crippen LogP contribution in [-0.4, -0.2) is 10.2 Å². The normalized spacial score (nSPS) is 10.4. The molecule has 0 saturated carbocycles. The Balaban J connectivity index is 2.27. The van der Waals surface area contributed by atoms with Crippen molar-refractivity contribution in [3.8, 4) is 0 Å². The molecule has 0 bridgehead atoms. The van der Waals surface area contributed by atoms with Crippen molar-refractivity contribution in [2.45, 2.75) is 20.3 Å². The van der Waals surface area contributed by atoms with Crippen LogP contribution in [0.4, 0.5) is 0 Å². The number of aryl methyl sites for hydroxylation is 2. The maximum Gasteiger partial charge on any atom is 0.0629 e. The molecular formula is C12H14N2. The lowest BCUT2D eigenvalue weighted by Gasteiger charge is -2.00. The Morgan fingerprint density at radius 1 is 1.14 bits per heavy atom. The second kappa shape index (κ2) is 3.66. The van der Waals surface area contributed by atoms with E-state index in [1.54, 1.807) is 0 Å². The Hall–Kier alpha value is -1.57. The van der Waals surface area contributed by atoms with Crippen molar-refractivity contribution in [3.05, 3.63) is 52.8 Å². The minimum absolute atomic E-state index is 0.967. The zero-order valence-corrected chi connectivity index (χ0v) is 8.54. The van der Waals surface area contributed by atoms with Crippen LogP contribution in [0.1, 0.15) is 22.5 Å². The van der Waals surface area contributed by atoms with Gasteiger partial charge in [0.25, 0.3) is 0 Å². The van der Waals surface area contributed by atoms with Crippen molar-refractivity contribution in [2.24, 2.45) is 0 Å². The van der Waals surface area contributed by atoms with Crippen molar-refractivity contribution in [3.63, 3.8) is 0 Å². The molecule has 0 unspecified atom stereocenters. The number of aromatic nitrogens is 2. The van der Waals surface area contributed by atoms with Gasteiger partial charge in [0, 0.05) is 17.7 Å². The van der Waals surface area contributed by atoms with E-state index in [2.05, 4.69) is 41.4 Å². The van der Waals surface area contributed by atoms with Crippen LogP contribution >= 0.6 is 0 Å². The van der Waals surface area contributed by atoms with Crippen LogP contribution in [0, 0.1) is 13.8 Å². The lowest BCUT2D eigenvalue weighted by molar-refractivity contribution is 1.02. The smallest absolute Gasteiger partial charge is 0.0629 e. The van der Waals surface area contributed by atoms with Gasteiger partial charge in [-0.15, -0.1) is 0 Å². The zero-order chi connectivity index (χ0) is 9.97. The Kier molecular flexibility index (Phi) is 2.35. The van der Waals surface area contributed by atoms with Crippen LogP contribution in [0.5, 0.6) is 0 Å². The van der Waals surface area contributed by atoms with Gasteiger partial charge >= 0.3 is 0 Å². The van der Waals surface area contributed by atoms with Crippen LogP contribution in [0.2, 0.25) is 0 Å². The average molecular weight is 186 g/mol. The van der Waals surface area contributed by atoms with Crippen molar-refractivity contribution in [1.82, 2.24) is 10.2 Å². The number of benzene rings is 1. The molecule has 2 heteroatoms. The van der Waals surface area contributed by atoms with Crippen molar-refractivity contribution in [1.29, 1.82) is 0 Å². The summed E-state index contributed by atoms with van der Waals surface area (Å²) in [7, 11) is 0. The van der Waals surface area contributed by atoms with Gasteiger partial charge in [-0.2, -0.15) is 5.10 Å². The van der Waals surface area contributed by atoms with E-state index in [1.165, 1.54) is 16.8 Å². The number of hydrogen-bond acceptors (Lipinski definition) is 1. The fraction of sp³-hybridized carbons (Fsp3) is 0.250. The van der Waals surface area contributed by atoms with Gasteiger partial charge in [-0.3, -0.25) is 5.10 Å². The number of H-pyrrole nitrogens is 1. The molecule has 0 amide bonds. The number of hydrogen-bond donors (Lipinski definition) is 1. The van der Waals surface area contributed by atoms with Gasteiger partial charge in [0.2, 0.25) is 0 Å². The van der Waals surface area contributed by atoms with Gasteiger partial charge in [0.05, 0.1) is 5.69 Å². The predicted molar refractivity (Wildman–Crippen MR) is 57.3 cm³/mol. The summed E-state index contributed by atoms with van der Waals surface area (Å²) < 4.78 is 0. The van der Waals surface area contributed by atoms with Crippen LogP contribution in [0.15, 0.2) is 30.3 Å². The minimum atomic E-state index is 0.967. The fourth-order valence-electron chi connectivity index (χ4n) is 1.63. The van der Waals surface area contributed by atoms with Crippen LogP contribution < -0.4 is 0 Å². The molecule has 14 heavy (non-hydrogen) atoms. The van der Waals surface area contributed by atoms with Gasteiger partial charge in [-0.25, -0.2) is 0 Å². The molecule has 0 radical (unpaired) electrons. The second-order valence-electron chi connectivity index (χ2n) is 3.57. The third kappa shape index (κ3) is 1.69. The first-order chi connectivity index (χ1) is 6.77. The molecule has 1 aromatic carbocycles. The molecule has 2 rings (SSSR count). The number of nitrogens with one attached hydrogen (secondary N) is 1. The Bertz CT molecular complexity index is 396. The highest BCUT2D eigenvalue weighted by atomic mass is 15.1. The SMILES string of the molecule is Cc1n[nH]c(C)c1Cc1ccccc1. The number of nitrogens with zero attached hydrogens (tertiary/aromatic N) is 1. The molecular weight excluding hydrogens is 172 g/mol. The molecule has 2 nitrogen and oxygen atoms in total. The molecule has 0 aliphatic carbocycles. The molecule has 0 atom stereocenters. The third-order valence-corrected chi connectivity index (χ3v) is 2.50. The molecule has 0 saturated heterocycles. The van der Waals surface area contributed by atoms with E-state index < -0.39 is 0 Å². The Morgan fingerprint density at radius 2 is 1.86 bits per heavy atom. The van der Waals surface area contributed by atoms with Crippen molar-refractivity contribution in [2.75, 3.05) is 0 Å². The summed E-state index contributed by atoms with van der Waals surface area (Å²) in [5.74, 6) is 0. The van der Waals surface area contributed by atoms with Gasteiger partial charge in [-0.1, -0.05) is 30.3 Å². The first-order valence-corrected chi connectivity index (χ1v) is 4.82. The predicted octanol–water partition coefficient (Wildman–Crippen LogP) is 2.62. The van der Waals surface area contributed by atoms with Crippen LogP contribution in [0.3, 0.4) is 0 Å². The largest absolute Gasteiger partial charge is 0.282 e. The highest BCUT2D eigenvalue weighted by molar-refractivity contribution is 5.30. The number of aromatic amines is 1. The van der Waals surface area contributed by atoms with Crippen molar-refractivity contribution < 1.29 is 0 Å². The molecule has 0 spiro atoms. The van der Waals surface area contributed by atoms with Gasteiger partial charge < -0.3 is 0 Å². The summed E-state index contributed by atoms with van der Waals surface area (Å²) in [6.45, 7) is 4.11. The summed E-state index contributed by atoms with van der Waals surface area (Å²) in [6, 6.07) is 10.5. The summed E-state index contributed by atoms with van der Waals surface area (Å²) in [5.41, 5.74) is 4.93. The van der Waals surface area contributed by atoms with E-state index in [1.807, 2.05) is 13.0 Å². The van der Waals surface area contributed by atoms with E-state index in [9.17, 15) is 0 Å². The van der Waals surface area contributed by atoms with Gasteiger partial charge in [0.1, 0.15) is 0 Å². The standard InChI is InChI=1S/C12H14N2/c1-9-12(10(2)14-13-9)8-11-6-4-3-5-7-11/h3-7H,8H2,1-2H3,(H,13,14). The summed E-state index contributed by atoms with van der Waals surface area (Å²) >= 11 is 0. The quantitative estimate of drug-likeness (QED) is 0.767. The maximum absolute atomic E-state index is 4.19. The molecule has 0 fully saturated rings. The summed E-state index contributed by atoms with van der Waals surface area (Å²) in [6.07, 6.45) is 0.967. The first-order valence-electron chi connectivity index (χ1n) is 4.82.